The summed E-state index contributed by atoms with van der Waals surface area (Å²) in [6.45, 7) is 9.36. The van der Waals surface area contributed by atoms with Crippen molar-refractivity contribution in [3.63, 3.8) is 0 Å². The standard InChI is InChI=1S/C19H25N3O2/c1-5-22(16-9-7-6-8-10-16)12-11-20-19(24)18-13(2)17(15(4)23)14(3)21-18/h6-10,21H,5,11-12H2,1-4H3,(H,20,24). The summed E-state index contributed by atoms with van der Waals surface area (Å²) >= 11 is 0. The fraction of sp³-hybridized carbons (Fsp3) is 0.368. The van der Waals surface area contributed by atoms with Crippen LogP contribution < -0.4 is 10.2 Å². The van der Waals surface area contributed by atoms with Crippen molar-refractivity contribution in [1.29, 1.82) is 0 Å². The highest BCUT2D eigenvalue weighted by atomic mass is 16.2. The Kier molecular flexibility index (Phi) is 5.79. The summed E-state index contributed by atoms with van der Waals surface area (Å²) in [5, 5.41) is 2.93. The number of anilines is 1. The largest absolute Gasteiger partial charge is 0.370 e. The minimum atomic E-state index is -0.174. The molecule has 128 valence electrons. The SMILES string of the molecule is CCN(CCNC(=O)c1[nH]c(C)c(C(C)=O)c1C)c1ccccc1. The fourth-order valence-corrected chi connectivity index (χ4v) is 3.01. The molecule has 1 aromatic carbocycles. The molecule has 1 amide bonds. The van der Waals surface area contributed by atoms with Crippen molar-refractivity contribution >= 4 is 17.4 Å². The zero-order chi connectivity index (χ0) is 17.7. The van der Waals surface area contributed by atoms with Crippen LogP contribution in [0.25, 0.3) is 0 Å². The average Bonchev–Trinajstić information content (AvgIpc) is 2.87. The summed E-state index contributed by atoms with van der Waals surface area (Å²) in [6, 6.07) is 10.1. The highest BCUT2D eigenvalue weighted by molar-refractivity contribution is 6.02. The molecule has 0 atom stereocenters. The molecule has 0 unspecified atom stereocenters. The minimum Gasteiger partial charge on any atom is -0.370 e. The van der Waals surface area contributed by atoms with Crippen LogP contribution in [0.2, 0.25) is 0 Å². The molecule has 0 radical (unpaired) electrons. The maximum atomic E-state index is 12.4. The van der Waals surface area contributed by atoms with Gasteiger partial charge in [-0.15, -0.1) is 0 Å². The summed E-state index contributed by atoms with van der Waals surface area (Å²) in [5.41, 5.74) is 3.68. The normalized spacial score (nSPS) is 10.5. The van der Waals surface area contributed by atoms with Crippen LogP contribution in [0.4, 0.5) is 5.69 Å². The van der Waals surface area contributed by atoms with Crippen molar-refractivity contribution in [3.05, 3.63) is 52.8 Å². The number of para-hydroxylation sites is 1. The van der Waals surface area contributed by atoms with Gasteiger partial charge in [0.15, 0.2) is 5.78 Å². The fourth-order valence-electron chi connectivity index (χ4n) is 3.01. The van der Waals surface area contributed by atoms with E-state index >= 15 is 0 Å². The molecule has 0 aliphatic carbocycles. The van der Waals surface area contributed by atoms with Gasteiger partial charge in [0.1, 0.15) is 5.69 Å². The molecule has 5 heteroatoms. The number of carbonyl (C=O) groups excluding carboxylic acids is 2. The molecule has 2 aromatic rings. The Morgan fingerprint density at radius 3 is 2.38 bits per heavy atom. The van der Waals surface area contributed by atoms with E-state index in [2.05, 4.69) is 34.3 Å². The molecule has 1 aromatic heterocycles. The number of H-pyrrole nitrogens is 1. The van der Waals surface area contributed by atoms with Gasteiger partial charge in [0, 0.05) is 36.6 Å². The van der Waals surface area contributed by atoms with Crippen LogP contribution >= 0.6 is 0 Å². The van der Waals surface area contributed by atoms with Gasteiger partial charge in [-0.3, -0.25) is 9.59 Å². The van der Waals surface area contributed by atoms with Crippen LogP contribution in [-0.4, -0.2) is 36.3 Å². The number of aromatic amines is 1. The zero-order valence-corrected chi connectivity index (χ0v) is 14.8. The van der Waals surface area contributed by atoms with Gasteiger partial charge in [0.25, 0.3) is 5.91 Å². The van der Waals surface area contributed by atoms with E-state index in [1.165, 1.54) is 6.92 Å². The smallest absolute Gasteiger partial charge is 0.268 e. The number of nitrogens with one attached hydrogen (secondary N) is 2. The Balaban J connectivity index is 1.99. The first-order chi connectivity index (χ1) is 11.5. The van der Waals surface area contributed by atoms with E-state index in [1.807, 2.05) is 25.1 Å². The number of aromatic nitrogens is 1. The van der Waals surface area contributed by atoms with Crippen molar-refractivity contribution in [3.8, 4) is 0 Å². The Morgan fingerprint density at radius 2 is 1.83 bits per heavy atom. The van der Waals surface area contributed by atoms with Crippen LogP contribution in [0.1, 0.15) is 46.0 Å². The third-order valence-corrected chi connectivity index (χ3v) is 4.19. The molecule has 0 saturated carbocycles. The lowest BCUT2D eigenvalue weighted by Gasteiger charge is -2.23. The summed E-state index contributed by atoms with van der Waals surface area (Å²) in [5.74, 6) is -0.200. The molecule has 2 N–H and O–H groups in total. The van der Waals surface area contributed by atoms with E-state index in [-0.39, 0.29) is 11.7 Å². The second-order valence-electron chi connectivity index (χ2n) is 5.85. The highest BCUT2D eigenvalue weighted by Crippen LogP contribution is 2.18. The van der Waals surface area contributed by atoms with Crippen molar-refractivity contribution in [1.82, 2.24) is 10.3 Å². The monoisotopic (exact) mass is 327 g/mol. The van der Waals surface area contributed by atoms with Crippen molar-refractivity contribution in [2.24, 2.45) is 0 Å². The van der Waals surface area contributed by atoms with Gasteiger partial charge in [-0.1, -0.05) is 18.2 Å². The molecule has 0 bridgehead atoms. The number of nitrogens with zero attached hydrogens (tertiary/aromatic N) is 1. The maximum absolute atomic E-state index is 12.4. The van der Waals surface area contributed by atoms with Crippen LogP contribution in [0.15, 0.2) is 30.3 Å². The van der Waals surface area contributed by atoms with Gasteiger partial charge < -0.3 is 15.2 Å². The minimum absolute atomic E-state index is 0.0264. The van der Waals surface area contributed by atoms with E-state index < -0.39 is 0 Å². The predicted octanol–water partition coefficient (Wildman–Crippen LogP) is 3.09. The molecule has 2 rings (SSSR count). The number of aryl methyl sites for hydroxylation is 1. The summed E-state index contributed by atoms with van der Waals surface area (Å²) in [6.07, 6.45) is 0. The van der Waals surface area contributed by atoms with E-state index in [9.17, 15) is 9.59 Å². The van der Waals surface area contributed by atoms with Gasteiger partial charge in [-0.05, 0) is 45.4 Å². The van der Waals surface area contributed by atoms with Crippen LogP contribution in [0.5, 0.6) is 0 Å². The van der Waals surface area contributed by atoms with E-state index in [1.54, 1.807) is 6.92 Å². The van der Waals surface area contributed by atoms with E-state index in [0.717, 1.165) is 24.5 Å². The Bertz CT molecular complexity index is 720. The van der Waals surface area contributed by atoms with Crippen LogP contribution in [0.3, 0.4) is 0 Å². The van der Waals surface area contributed by atoms with Crippen molar-refractivity contribution in [2.75, 3.05) is 24.5 Å². The van der Waals surface area contributed by atoms with Gasteiger partial charge in [0.2, 0.25) is 0 Å². The summed E-state index contributed by atoms with van der Waals surface area (Å²) < 4.78 is 0. The number of amides is 1. The van der Waals surface area contributed by atoms with Crippen molar-refractivity contribution in [2.45, 2.75) is 27.7 Å². The topological polar surface area (TPSA) is 65.2 Å². The highest BCUT2D eigenvalue weighted by Gasteiger charge is 2.19. The number of rotatable bonds is 7. The summed E-state index contributed by atoms with van der Waals surface area (Å²) in [7, 11) is 0. The van der Waals surface area contributed by atoms with Crippen LogP contribution in [0, 0.1) is 13.8 Å². The average molecular weight is 327 g/mol. The number of Topliss-reactive ketones (excluding diaryl/α,β-unsaturated/α-hetero) is 1. The number of likely N-dealkylation sites (N-methyl/N-ethyl adjacent to an activating group) is 1. The predicted molar refractivity (Wildman–Crippen MR) is 96.9 cm³/mol. The second kappa shape index (κ2) is 7.81. The van der Waals surface area contributed by atoms with Gasteiger partial charge >= 0.3 is 0 Å². The molecule has 0 spiro atoms. The molecule has 24 heavy (non-hydrogen) atoms. The van der Waals surface area contributed by atoms with Crippen LogP contribution in [-0.2, 0) is 0 Å². The molecule has 0 fully saturated rings. The first-order valence-electron chi connectivity index (χ1n) is 8.24. The Morgan fingerprint density at radius 1 is 1.17 bits per heavy atom. The lowest BCUT2D eigenvalue weighted by atomic mass is 10.1. The van der Waals surface area contributed by atoms with Gasteiger partial charge in [-0.25, -0.2) is 0 Å². The Labute approximate surface area is 143 Å². The molecular formula is C19H25N3O2. The first kappa shape index (κ1) is 17.8. The number of hydrogen-bond donors (Lipinski definition) is 2. The number of hydrogen-bond acceptors (Lipinski definition) is 3. The number of ketones is 1. The molecule has 1 heterocycles. The van der Waals surface area contributed by atoms with E-state index in [4.69, 9.17) is 0 Å². The quantitative estimate of drug-likeness (QED) is 0.768. The molecule has 0 aliphatic heterocycles. The maximum Gasteiger partial charge on any atom is 0.268 e. The third-order valence-electron chi connectivity index (χ3n) is 4.19. The van der Waals surface area contributed by atoms with Crippen molar-refractivity contribution < 1.29 is 9.59 Å². The Hall–Kier alpha value is -2.56. The lowest BCUT2D eigenvalue weighted by Crippen LogP contribution is -2.35. The molecule has 5 nitrogen and oxygen atoms in total. The molecular weight excluding hydrogens is 302 g/mol. The third kappa shape index (κ3) is 3.85. The second-order valence-corrected chi connectivity index (χ2v) is 5.85. The number of benzene rings is 1. The number of carbonyl (C=O) groups is 2. The van der Waals surface area contributed by atoms with Gasteiger partial charge in [0.05, 0.1) is 0 Å². The first-order valence-corrected chi connectivity index (χ1v) is 8.24. The zero-order valence-electron chi connectivity index (χ0n) is 14.8. The van der Waals surface area contributed by atoms with E-state index in [0.29, 0.717) is 23.4 Å². The van der Waals surface area contributed by atoms with Gasteiger partial charge in [-0.2, -0.15) is 0 Å². The molecule has 0 saturated heterocycles. The summed E-state index contributed by atoms with van der Waals surface area (Å²) in [4.78, 5) is 29.3. The molecule has 0 aliphatic rings. The lowest BCUT2D eigenvalue weighted by molar-refractivity contribution is 0.0949.